The molecular formula is C15H17N3O2S2. The quantitative estimate of drug-likeness (QED) is 0.825. The molecule has 2 N–H and O–H groups in total. The van der Waals surface area contributed by atoms with Crippen molar-refractivity contribution in [2.75, 3.05) is 10.6 Å². The maximum Gasteiger partial charge on any atom is 0.276 e. The topological polar surface area (TPSA) is 71.1 Å². The van der Waals surface area contributed by atoms with E-state index in [0.717, 1.165) is 22.5 Å². The van der Waals surface area contributed by atoms with E-state index in [4.69, 9.17) is 0 Å². The number of anilines is 2. The van der Waals surface area contributed by atoms with Gasteiger partial charge in [-0.05, 0) is 50.6 Å². The first-order valence-corrected chi connectivity index (χ1v) is 9.04. The van der Waals surface area contributed by atoms with Gasteiger partial charge in [-0.15, -0.1) is 0 Å². The standard InChI is InChI=1S/C15H17N3O2S2/c1-10-4-6-13(7-5-10)17-15(21-22(19)20)18-14-9-11(2)8-12(3)16-14/h4-9,17H,1-3H3,(H,16,18). The van der Waals surface area contributed by atoms with Gasteiger partial charge in [0.15, 0.2) is 5.11 Å². The number of aryl methyl sites for hydroxylation is 3. The molecule has 1 heterocycles. The summed E-state index contributed by atoms with van der Waals surface area (Å²) in [6, 6.07) is 11.5. The monoisotopic (exact) mass is 335 g/mol. The van der Waals surface area contributed by atoms with Crippen molar-refractivity contribution in [1.29, 1.82) is 0 Å². The maximum absolute atomic E-state index is 11.0. The predicted molar refractivity (Wildman–Crippen MR) is 93.4 cm³/mol. The summed E-state index contributed by atoms with van der Waals surface area (Å²) in [7, 11) is -1.60. The molecule has 0 bridgehead atoms. The van der Waals surface area contributed by atoms with Crippen molar-refractivity contribution in [2.24, 2.45) is 0 Å². The molecule has 0 amide bonds. The van der Waals surface area contributed by atoms with Gasteiger partial charge in [0.2, 0.25) is 0 Å². The van der Waals surface area contributed by atoms with E-state index < -0.39 is 9.26 Å². The highest BCUT2D eigenvalue weighted by molar-refractivity contribution is 8.23. The van der Waals surface area contributed by atoms with Crippen LogP contribution in [0, 0.1) is 20.8 Å². The zero-order valence-electron chi connectivity index (χ0n) is 12.5. The molecular weight excluding hydrogens is 318 g/mol. The predicted octanol–water partition coefficient (Wildman–Crippen LogP) is 2.49. The lowest BCUT2D eigenvalue weighted by atomic mass is 10.2. The van der Waals surface area contributed by atoms with E-state index in [1.165, 1.54) is 0 Å². The Morgan fingerprint density at radius 3 is 2.27 bits per heavy atom. The van der Waals surface area contributed by atoms with Crippen LogP contribution < -0.4 is 10.6 Å². The highest BCUT2D eigenvalue weighted by atomic mass is 32.8. The molecule has 0 saturated carbocycles. The Labute approximate surface area is 134 Å². The summed E-state index contributed by atoms with van der Waals surface area (Å²) in [6.07, 6.45) is 0. The second-order valence-corrected chi connectivity index (χ2v) is 7.20. The van der Waals surface area contributed by atoms with Gasteiger partial charge in [0.1, 0.15) is 5.82 Å². The second kappa shape index (κ2) is 7.24. The molecule has 1 aromatic heterocycles. The van der Waals surface area contributed by atoms with Crippen molar-refractivity contribution in [1.82, 2.24) is 4.98 Å². The van der Waals surface area contributed by atoms with Gasteiger partial charge < -0.3 is 10.6 Å². The first-order chi connectivity index (χ1) is 10.4. The molecule has 22 heavy (non-hydrogen) atoms. The molecule has 0 fully saturated rings. The molecule has 0 aliphatic heterocycles. The van der Waals surface area contributed by atoms with Crippen LogP contribution in [-0.4, -0.2) is 18.5 Å². The second-order valence-electron chi connectivity index (χ2n) is 4.90. The van der Waals surface area contributed by atoms with E-state index in [-0.39, 0.29) is 0 Å². The minimum absolute atomic E-state index is 0.384. The van der Waals surface area contributed by atoms with Crippen molar-refractivity contribution in [3.8, 4) is 0 Å². The van der Waals surface area contributed by atoms with Gasteiger partial charge in [-0.3, -0.25) is 0 Å². The number of rotatable bonds is 2. The fourth-order valence-corrected chi connectivity index (χ4v) is 3.03. The lowest BCUT2D eigenvalue weighted by molar-refractivity contribution is 0.628. The number of pyridine rings is 1. The Balaban J connectivity index is 2.32. The van der Waals surface area contributed by atoms with E-state index in [2.05, 4.69) is 15.6 Å². The van der Waals surface area contributed by atoms with Crippen molar-refractivity contribution in [3.05, 3.63) is 53.2 Å². The first-order valence-electron chi connectivity index (χ1n) is 6.63. The lowest BCUT2D eigenvalue weighted by Crippen LogP contribution is -2.22. The van der Waals surface area contributed by atoms with Gasteiger partial charge in [-0.25, -0.2) is 4.98 Å². The maximum atomic E-state index is 11.0. The number of benzene rings is 1. The van der Waals surface area contributed by atoms with Crippen LogP contribution in [0.2, 0.25) is 0 Å². The third kappa shape index (κ3) is 5.01. The van der Waals surface area contributed by atoms with Crippen molar-refractivity contribution >= 4 is 35.8 Å². The summed E-state index contributed by atoms with van der Waals surface area (Å²) in [6.45, 7) is 5.85. The largest absolute Gasteiger partial charge is 0.332 e. The molecule has 0 atom stereocenters. The van der Waals surface area contributed by atoms with Crippen LogP contribution in [0.15, 0.2) is 36.4 Å². The molecule has 1 aromatic carbocycles. The van der Waals surface area contributed by atoms with E-state index in [0.29, 0.717) is 20.8 Å². The summed E-state index contributed by atoms with van der Waals surface area (Å²) in [5.41, 5.74) is 3.86. The zero-order valence-corrected chi connectivity index (χ0v) is 14.2. The summed E-state index contributed by atoms with van der Waals surface area (Å²) >= 11 is 0. The average molecular weight is 335 g/mol. The van der Waals surface area contributed by atoms with Crippen LogP contribution >= 0.6 is 0 Å². The summed E-state index contributed by atoms with van der Waals surface area (Å²) < 4.78 is 22.0. The third-order valence-electron chi connectivity index (χ3n) is 2.80. The Kier molecular flexibility index (Phi) is 5.35. The van der Waals surface area contributed by atoms with Gasteiger partial charge in [-0.2, -0.15) is 8.42 Å². The number of nitrogens with one attached hydrogen (secondary N) is 2. The minimum Gasteiger partial charge on any atom is -0.332 e. The molecule has 0 radical (unpaired) electrons. The van der Waals surface area contributed by atoms with Crippen LogP contribution in [-0.2, 0) is 19.2 Å². The van der Waals surface area contributed by atoms with Gasteiger partial charge in [-0.1, -0.05) is 17.7 Å². The van der Waals surface area contributed by atoms with E-state index in [1.807, 2.05) is 57.2 Å². The molecule has 0 aliphatic rings. The molecule has 7 heteroatoms. The number of nitrogens with zero attached hydrogens (tertiary/aromatic N) is 1. The number of hydrogen-bond acceptors (Lipinski definition) is 3. The van der Waals surface area contributed by atoms with Crippen molar-refractivity contribution < 1.29 is 8.42 Å². The number of hydrogen-bond donors (Lipinski definition) is 2. The lowest BCUT2D eigenvalue weighted by Gasteiger charge is -2.11. The Hall–Kier alpha value is -2.12. The normalized spacial score (nSPS) is 9.95. The molecule has 0 saturated heterocycles. The summed E-state index contributed by atoms with van der Waals surface area (Å²) in [5.74, 6) is 0.602. The summed E-state index contributed by atoms with van der Waals surface area (Å²) in [4.78, 5) is 4.35. The molecule has 0 aliphatic carbocycles. The van der Waals surface area contributed by atoms with E-state index in [9.17, 15) is 8.42 Å². The zero-order chi connectivity index (χ0) is 16.1. The fourth-order valence-electron chi connectivity index (χ4n) is 1.93. The highest BCUT2D eigenvalue weighted by Crippen LogP contribution is 2.11. The highest BCUT2D eigenvalue weighted by Gasteiger charge is 2.03. The summed E-state index contributed by atoms with van der Waals surface area (Å²) in [5, 5.41) is 6.46. The Morgan fingerprint density at radius 2 is 1.68 bits per heavy atom. The molecule has 116 valence electrons. The van der Waals surface area contributed by atoms with Gasteiger partial charge >= 0.3 is 0 Å². The van der Waals surface area contributed by atoms with Crippen molar-refractivity contribution in [3.63, 3.8) is 0 Å². The van der Waals surface area contributed by atoms with Crippen LogP contribution in [0.4, 0.5) is 11.5 Å². The number of aromatic nitrogens is 1. The van der Waals surface area contributed by atoms with E-state index in [1.54, 1.807) is 0 Å². The van der Waals surface area contributed by atoms with Crippen LogP contribution in [0.3, 0.4) is 0 Å². The van der Waals surface area contributed by atoms with Gasteiger partial charge in [0, 0.05) is 21.3 Å². The molecule has 0 unspecified atom stereocenters. The van der Waals surface area contributed by atoms with Crippen LogP contribution in [0.1, 0.15) is 16.8 Å². The van der Waals surface area contributed by atoms with Crippen molar-refractivity contribution in [2.45, 2.75) is 20.8 Å². The van der Waals surface area contributed by atoms with Gasteiger partial charge in [0.05, 0.1) is 0 Å². The molecule has 2 rings (SSSR count). The fraction of sp³-hybridized carbons (Fsp3) is 0.200. The minimum atomic E-state index is -2.28. The third-order valence-corrected chi connectivity index (χ3v) is 4.22. The SMILES string of the molecule is Cc1ccc(NC(Nc2cc(C)cc(C)n2)=S=S(=O)=O)cc1. The van der Waals surface area contributed by atoms with Crippen LogP contribution in [0.25, 0.3) is 0 Å². The Bertz CT molecular complexity index is 825. The molecule has 2 aromatic rings. The van der Waals surface area contributed by atoms with Gasteiger partial charge in [0.25, 0.3) is 9.26 Å². The Morgan fingerprint density at radius 1 is 1.00 bits per heavy atom. The van der Waals surface area contributed by atoms with E-state index >= 15 is 0 Å². The molecule has 0 spiro atoms. The first kappa shape index (κ1) is 16.3. The molecule has 5 nitrogen and oxygen atoms in total. The smallest absolute Gasteiger partial charge is 0.276 e. The average Bonchev–Trinajstić information content (AvgIpc) is 2.39. The van der Waals surface area contributed by atoms with Crippen LogP contribution in [0.5, 0.6) is 0 Å².